The van der Waals surface area contributed by atoms with Gasteiger partial charge in [0.2, 0.25) is 10.0 Å². The van der Waals surface area contributed by atoms with Crippen molar-refractivity contribution in [3.8, 4) is 0 Å². The average Bonchev–Trinajstić information content (AvgIpc) is 2.26. The Morgan fingerprint density at radius 2 is 1.89 bits per heavy atom. The molecule has 0 fully saturated rings. The second-order valence-electron chi connectivity index (χ2n) is 4.02. The summed E-state index contributed by atoms with van der Waals surface area (Å²) in [5.74, 6) is -1.78. The van der Waals surface area contributed by atoms with Gasteiger partial charge in [0.15, 0.2) is 11.6 Å². The van der Waals surface area contributed by atoms with Crippen LogP contribution in [0.4, 0.5) is 8.78 Å². The third-order valence-corrected chi connectivity index (χ3v) is 3.11. The first kappa shape index (κ1) is 15.0. The Hall–Kier alpha value is -1.05. The van der Waals surface area contributed by atoms with Gasteiger partial charge in [-0.25, -0.2) is 21.9 Å². The van der Waals surface area contributed by atoms with Crippen molar-refractivity contribution in [1.29, 1.82) is 0 Å². The van der Waals surface area contributed by atoms with Crippen LogP contribution in [-0.4, -0.2) is 27.8 Å². The molecule has 0 spiro atoms. The van der Waals surface area contributed by atoms with Crippen molar-refractivity contribution in [2.45, 2.75) is 13.0 Å². The predicted molar refractivity (Wildman–Crippen MR) is 65.6 cm³/mol. The molecular weight excluding hydrogens is 262 g/mol. The predicted octanol–water partition coefficient (Wildman–Crippen LogP) is 1.16. The van der Waals surface area contributed by atoms with Crippen LogP contribution in [0.15, 0.2) is 18.2 Å². The van der Waals surface area contributed by atoms with E-state index in [4.69, 9.17) is 0 Å². The van der Waals surface area contributed by atoms with Gasteiger partial charge in [0.25, 0.3) is 0 Å². The molecule has 1 aromatic rings. The molecule has 1 aromatic carbocycles. The van der Waals surface area contributed by atoms with Crippen LogP contribution >= 0.6 is 0 Å². The van der Waals surface area contributed by atoms with Gasteiger partial charge < -0.3 is 5.32 Å². The van der Waals surface area contributed by atoms with Gasteiger partial charge in [0.05, 0.1) is 6.26 Å². The van der Waals surface area contributed by atoms with Crippen molar-refractivity contribution in [2.24, 2.45) is 0 Å². The number of hydrogen-bond donors (Lipinski definition) is 2. The minimum absolute atomic E-state index is 0.193. The molecule has 102 valence electrons. The second-order valence-corrected chi connectivity index (χ2v) is 5.85. The van der Waals surface area contributed by atoms with Gasteiger partial charge >= 0.3 is 0 Å². The van der Waals surface area contributed by atoms with Crippen molar-refractivity contribution in [2.75, 3.05) is 19.3 Å². The minimum atomic E-state index is -3.20. The van der Waals surface area contributed by atoms with Crippen LogP contribution in [-0.2, 0) is 10.0 Å². The number of benzene rings is 1. The van der Waals surface area contributed by atoms with Gasteiger partial charge in [-0.15, -0.1) is 0 Å². The first-order valence-corrected chi connectivity index (χ1v) is 7.31. The van der Waals surface area contributed by atoms with Crippen LogP contribution < -0.4 is 10.0 Å². The van der Waals surface area contributed by atoms with Crippen LogP contribution in [0.5, 0.6) is 0 Å². The third-order valence-electron chi connectivity index (χ3n) is 2.38. The second kappa shape index (κ2) is 6.21. The quantitative estimate of drug-likeness (QED) is 0.768. The third kappa shape index (κ3) is 5.07. The smallest absolute Gasteiger partial charge is 0.208 e. The molecule has 7 heteroatoms. The summed E-state index contributed by atoms with van der Waals surface area (Å²) in [5, 5.41) is 3.00. The molecule has 0 bridgehead atoms. The maximum absolute atomic E-state index is 13.0. The molecule has 18 heavy (non-hydrogen) atoms. The zero-order chi connectivity index (χ0) is 13.8. The summed E-state index contributed by atoms with van der Waals surface area (Å²) in [6.07, 6.45) is 1.08. The van der Waals surface area contributed by atoms with E-state index < -0.39 is 21.7 Å². The molecule has 1 atom stereocenters. The zero-order valence-corrected chi connectivity index (χ0v) is 11.0. The summed E-state index contributed by atoms with van der Waals surface area (Å²) in [6.45, 7) is 2.42. The van der Waals surface area contributed by atoms with E-state index in [0.717, 1.165) is 18.4 Å². The van der Waals surface area contributed by atoms with E-state index in [1.54, 1.807) is 6.92 Å². The van der Waals surface area contributed by atoms with Crippen molar-refractivity contribution in [3.05, 3.63) is 35.4 Å². The highest BCUT2D eigenvalue weighted by Crippen LogP contribution is 2.15. The Morgan fingerprint density at radius 3 is 2.44 bits per heavy atom. The SMILES string of the molecule is CC(NCCNS(C)(=O)=O)c1ccc(F)c(F)c1. The van der Waals surface area contributed by atoms with E-state index in [0.29, 0.717) is 12.1 Å². The molecule has 1 rings (SSSR count). The Kier molecular flexibility index (Phi) is 5.18. The molecule has 0 radical (unpaired) electrons. The largest absolute Gasteiger partial charge is 0.309 e. The first-order valence-electron chi connectivity index (χ1n) is 5.42. The van der Waals surface area contributed by atoms with Gasteiger partial charge in [-0.1, -0.05) is 6.07 Å². The number of halogens is 2. The average molecular weight is 278 g/mol. The van der Waals surface area contributed by atoms with Crippen molar-refractivity contribution >= 4 is 10.0 Å². The van der Waals surface area contributed by atoms with Crippen LogP contribution in [0, 0.1) is 11.6 Å². The highest BCUT2D eigenvalue weighted by molar-refractivity contribution is 7.88. The minimum Gasteiger partial charge on any atom is -0.309 e. The molecule has 0 aliphatic carbocycles. The molecule has 0 aromatic heterocycles. The van der Waals surface area contributed by atoms with Gasteiger partial charge in [-0.2, -0.15) is 0 Å². The normalized spacial score (nSPS) is 13.6. The zero-order valence-electron chi connectivity index (χ0n) is 10.2. The summed E-state index contributed by atoms with van der Waals surface area (Å²) in [5.41, 5.74) is 0.605. The fourth-order valence-corrected chi connectivity index (χ4v) is 1.90. The summed E-state index contributed by atoms with van der Waals surface area (Å²) < 4.78 is 49.6. The molecule has 0 aliphatic rings. The standard InChI is InChI=1S/C11H16F2N2O2S/c1-8(14-5-6-15-18(2,16)17)9-3-4-10(12)11(13)7-9/h3-4,7-8,14-15H,5-6H2,1-2H3. The molecule has 0 amide bonds. The van der Waals surface area contributed by atoms with E-state index >= 15 is 0 Å². The lowest BCUT2D eigenvalue weighted by Crippen LogP contribution is -2.32. The first-order chi connectivity index (χ1) is 8.29. The highest BCUT2D eigenvalue weighted by Gasteiger charge is 2.08. The summed E-state index contributed by atoms with van der Waals surface area (Å²) in [4.78, 5) is 0. The van der Waals surface area contributed by atoms with Crippen LogP contribution in [0.2, 0.25) is 0 Å². The van der Waals surface area contributed by atoms with Crippen molar-refractivity contribution in [1.82, 2.24) is 10.0 Å². The lowest BCUT2D eigenvalue weighted by Gasteiger charge is -2.14. The van der Waals surface area contributed by atoms with E-state index in [1.807, 2.05) is 0 Å². The number of nitrogens with one attached hydrogen (secondary N) is 2. The lowest BCUT2D eigenvalue weighted by molar-refractivity contribution is 0.500. The van der Waals surface area contributed by atoms with Gasteiger partial charge in [0, 0.05) is 19.1 Å². The Morgan fingerprint density at radius 1 is 1.22 bits per heavy atom. The van der Waals surface area contributed by atoms with E-state index in [9.17, 15) is 17.2 Å². The van der Waals surface area contributed by atoms with E-state index in [1.165, 1.54) is 6.07 Å². The molecule has 0 saturated heterocycles. The molecule has 1 unspecified atom stereocenters. The van der Waals surface area contributed by atoms with Crippen LogP contribution in [0.1, 0.15) is 18.5 Å². The van der Waals surface area contributed by atoms with Gasteiger partial charge in [-0.3, -0.25) is 0 Å². The fraction of sp³-hybridized carbons (Fsp3) is 0.455. The fourth-order valence-electron chi connectivity index (χ4n) is 1.42. The molecule has 4 nitrogen and oxygen atoms in total. The Labute approximate surface area is 105 Å². The molecular formula is C11H16F2N2O2S. The summed E-state index contributed by atoms with van der Waals surface area (Å²) in [7, 11) is -3.20. The Bertz CT molecular complexity index is 506. The van der Waals surface area contributed by atoms with Crippen LogP contribution in [0.3, 0.4) is 0 Å². The number of hydrogen-bond acceptors (Lipinski definition) is 3. The van der Waals surface area contributed by atoms with Crippen molar-refractivity contribution < 1.29 is 17.2 Å². The highest BCUT2D eigenvalue weighted by atomic mass is 32.2. The van der Waals surface area contributed by atoms with E-state index in [2.05, 4.69) is 10.0 Å². The molecule has 0 heterocycles. The molecule has 2 N–H and O–H groups in total. The van der Waals surface area contributed by atoms with Crippen LogP contribution in [0.25, 0.3) is 0 Å². The van der Waals surface area contributed by atoms with Crippen molar-refractivity contribution in [3.63, 3.8) is 0 Å². The van der Waals surface area contributed by atoms with E-state index in [-0.39, 0.29) is 12.6 Å². The Balaban J connectivity index is 2.45. The summed E-state index contributed by atoms with van der Waals surface area (Å²) >= 11 is 0. The maximum Gasteiger partial charge on any atom is 0.208 e. The topological polar surface area (TPSA) is 58.2 Å². The lowest BCUT2D eigenvalue weighted by atomic mass is 10.1. The number of sulfonamides is 1. The van der Waals surface area contributed by atoms with Gasteiger partial charge in [0.1, 0.15) is 0 Å². The monoisotopic (exact) mass is 278 g/mol. The number of rotatable bonds is 6. The maximum atomic E-state index is 13.0. The van der Waals surface area contributed by atoms with Gasteiger partial charge in [-0.05, 0) is 24.6 Å². The summed E-state index contributed by atoms with van der Waals surface area (Å²) in [6, 6.07) is 3.48. The molecule has 0 saturated carbocycles. The molecule has 0 aliphatic heterocycles.